The zero-order valence-corrected chi connectivity index (χ0v) is 13.5. The molecule has 0 aliphatic heterocycles. The van der Waals surface area contributed by atoms with E-state index in [1.165, 1.54) is 16.0 Å². The Morgan fingerprint density at radius 2 is 1.70 bits per heavy atom. The number of benzene rings is 2. The zero-order valence-electron chi connectivity index (χ0n) is 12.6. The van der Waals surface area contributed by atoms with Crippen molar-refractivity contribution in [1.82, 2.24) is 9.55 Å². The molecule has 0 saturated carbocycles. The van der Waals surface area contributed by atoms with Gasteiger partial charge in [-0.3, -0.25) is 0 Å². The van der Waals surface area contributed by atoms with Gasteiger partial charge in [0, 0.05) is 13.1 Å². The molecular formula is C19H17N3S. The quantitative estimate of drug-likeness (QED) is 0.610. The summed E-state index contributed by atoms with van der Waals surface area (Å²) in [4.78, 5) is 6.03. The first kappa shape index (κ1) is 14.2. The van der Waals surface area contributed by atoms with Gasteiger partial charge < -0.3 is 10.3 Å². The van der Waals surface area contributed by atoms with Gasteiger partial charge in [0.2, 0.25) is 0 Å². The van der Waals surface area contributed by atoms with Crippen LogP contribution >= 0.6 is 11.3 Å². The maximum Gasteiger partial charge on any atom is 0.151 e. The van der Waals surface area contributed by atoms with Crippen molar-refractivity contribution >= 4 is 22.4 Å². The van der Waals surface area contributed by atoms with Crippen LogP contribution < -0.4 is 5.73 Å². The largest absolute Gasteiger partial charge is 0.326 e. The average Bonchev–Trinajstić information content (AvgIpc) is 3.24. The first-order valence-electron chi connectivity index (χ1n) is 7.62. The highest BCUT2D eigenvalue weighted by atomic mass is 32.1. The van der Waals surface area contributed by atoms with Gasteiger partial charge >= 0.3 is 0 Å². The number of nitrogens with two attached hydrogens (primary N) is 1. The van der Waals surface area contributed by atoms with Gasteiger partial charge in [-0.2, -0.15) is 0 Å². The molecule has 0 bridgehead atoms. The summed E-state index contributed by atoms with van der Waals surface area (Å²) in [7, 11) is 0. The molecule has 0 fully saturated rings. The molecule has 4 aromatic rings. The van der Waals surface area contributed by atoms with Crippen LogP contribution in [0, 0.1) is 0 Å². The van der Waals surface area contributed by atoms with Crippen molar-refractivity contribution in [3.05, 3.63) is 77.2 Å². The molecule has 0 aliphatic rings. The molecule has 0 aliphatic carbocycles. The average molecular weight is 319 g/mol. The maximum absolute atomic E-state index is 5.68. The smallest absolute Gasteiger partial charge is 0.151 e. The predicted molar refractivity (Wildman–Crippen MR) is 96.5 cm³/mol. The molecule has 0 amide bonds. The fraction of sp³-hybridized carbons (Fsp3) is 0.105. The standard InChI is InChI=1S/C19H17N3S/c20-12-14-7-9-15(10-8-14)13-22-17-5-2-1-4-16(17)21-19(22)18-6-3-11-23-18/h1-11H,12-13,20H2. The van der Waals surface area contributed by atoms with Crippen LogP contribution in [0.1, 0.15) is 11.1 Å². The molecule has 0 unspecified atom stereocenters. The Balaban J connectivity index is 1.82. The van der Waals surface area contributed by atoms with Crippen molar-refractivity contribution in [2.24, 2.45) is 5.73 Å². The number of aromatic nitrogens is 2. The Labute approximate surface area is 139 Å². The molecule has 0 spiro atoms. The number of thiophene rings is 1. The summed E-state index contributed by atoms with van der Waals surface area (Å²) in [5.41, 5.74) is 10.3. The van der Waals surface area contributed by atoms with E-state index in [2.05, 4.69) is 64.5 Å². The normalized spacial score (nSPS) is 11.2. The van der Waals surface area contributed by atoms with Crippen molar-refractivity contribution in [2.75, 3.05) is 0 Å². The first-order valence-corrected chi connectivity index (χ1v) is 8.50. The van der Waals surface area contributed by atoms with E-state index in [-0.39, 0.29) is 0 Å². The SMILES string of the molecule is NCc1ccc(Cn2c(-c3cccs3)nc3ccccc32)cc1. The molecule has 2 aromatic carbocycles. The van der Waals surface area contributed by atoms with Crippen molar-refractivity contribution < 1.29 is 0 Å². The summed E-state index contributed by atoms with van der Waals surface area (Å²) in [5, 5.41) is 2.09. The van der Waals surface area contributed by atoms with Gasteiger partial charge in [0.1, 0.15) is 0 Å². The molecule has 4 heteroatoms. The van der Waals surface area contributed by atoms with Gasteiger partial charge in [-0.25, -0.2) is 4.98 Å². The minimum Gasteiger partial charge on any atom is -0.326 e. The van der Waals surface area contributed by atoms with Crippen LogP contribution in [0.2, 0.25) is 0 Å². The Kier molecular flexibility index (Phi) is 3.69. The number of nitrogens with zero attached hydrogens (tertiary/aromatic N) is 2. The second-order valence-corrected chi connectivity index (χ2v) is 6.46. The van der Waals surface area contributed by atoms with E-state index in [1.807, 2.05) is 6.07 Å². The van der Waals surface area contributed by atoms with Gasteiger partial charge in [-0.15, -0.1) is 11.3 Å². The van der Waals surface area contributed by atoms with Crippen LogP contribution in [0.15, 0.2) is 66.0 Å². The van der Waals surface area contributed by atoms with Gasteiger partial charge in [0.05, 0.1) is 15.9 Å². The molecular weight excluding hydrogens is 302 g/mol. The molecule has 2 N–H and O–H groups in total. The van der Waals surface area contributed by atoms with Gasteiger partial charge in [0.25, 0.3) is 0 Å². The van der Waals surface area contributed by atoms with Crippen LogP contribution in [-0.2, 0) is 13.1 Å². The first-order chi connectivity index (χ1) is 11.3. The van der Waals surface area contributed by atoms with Crippen LogP contribution in [0.25, 0.3) is 21.7 Å². The highest BCUT2D eigenvalue weighted by Gasteiger charge is 2.13. The predicted octanol–water partition coefficient (Wildman–Crippen LogP) is 4.27. The van der Waals surface area contributed by atoms with Crippen LogP contribution in [0.3, 0.4) is 0 Å². The topological polar surface area (TPSA) is 43.8 Å². The molecule has 23 heavy (non-hydrogen) atoms. The third-order valence-corrected chi connectivity index (χ3v) is 4.86. The van der Waals surface area contributed by atoms with E-state index >= 15 is 0 Å². The van der Waals surface area contributed by atoms with E-state index in [0.717, 1.165) is 23.4 Å². The Morgan fingerprint density at radius 3 is 2.43 bits per heavy atom. The fourth-order valence-electron chi connectivity index (χ4n) is 2.79. The second kappa shape index (κ2) is 5.99. The Morgan fingerprint density at radius 1 is 0.913 bits per heavy atom. The lowest BCUT2D eigenvalue weighted by molar-refractivity contribution is 0.835. The van der Waals surface area contributed by atoms with E-state index in [1.54, 1.807) is 11.3 Å². The zero-order chi connectivity index (χ0) is 15.6. The highest BCUT2D eigenvalue weighted by Crippen LogP contribution is 2.28. The molecule has 0 radical (unpaired) electrons. The number of fused-ring (bicyclic) bond motifs is 1. The minimum atomic E-state index is 0.578. The van der Waals surface area contributed by atoms with Crippen molar-refractivity contribution in [2.45, 2.75) is 13.1 Å². The summed E-state index contributed by atoms with van der Waals surface area (Å²) in [6.45, 7) is 1.38. The third kappa shape index (κ3) is 2.67. The Hall–Kier alpha value is -2.43. The lowest BCUT2D eigenvalue weighted by Crippen LogP contribution is -2.02. The molecule has 3 nitrogen and oxygen atoms in total. The van der Waals surface area contributed by atoms with E-state index in [0.29, 0.717) is 6.54 Å². The third-order valence-electron chi connectivity index (χ3n) is 4.00. The molecule has 2 aromatic heterocycles. The van der Waals surface area contributed by atoms with Crippen molar-refractivity contribution in [3.8, 4) is 10.7 Å². The van der Waals surface area contributed by atoms with Crippen LogP contribution in [0.4, 0.5) is 0 Å². The second-order valence-electron chi connectivity index (χ2n) is 5.51. The monoisotopic (exact) mass is 319 g/mol. The number of imidazole rings is 1. The van der Waals surface area contributed by atoms with E-state index in [9.17, 15) is 0 Å². The van der Waals surface area contributed by atoms with Gasteiger partial charge in [-0.1, -0.05) is 42.5 Å². The number of rotatable bonds is 4. The van der Waals surface area contributed by atoms with Crippen LogP contribution in [0.5, 0.6) is 0 Å². The summed E-state index contributed by atoms with van der Waals surface area (Å²) in [6, 6.07) is 21.0. The summed E-state index contributed by atoms with van der Waals surface area (Å²) in [6.07, 6.45) is 0. The maximum atomic E-state index is 5.68. The van der Waals surface area contributed by atoms with E-state index < -0.39 is 0 Å². The summed E-state index contributed by atoms with van der Waals surface area (Å²) >= 11 is 1.72. The molecule has 114 valence electrons. The van der Waals surface area contributed by atoms with Crippen molar-refractivity contribution in [3.63, 3.8) is 0 Å². The lowest BCUT2D eigenvalue weighted by Gasteiger charge is -2.09. The molecule has 0 atom stereocenters. The number of hydrogen-bond acceptors (Lipinski definition) is 3. The van der Waals surface area contributed by atoms with Gasteiger partial charge in [0.15, 0.2) is 5.82 Å². The van der Waals surface area contributed by atoms with E-state index in [4.69, 9.17) is 10.7 Å². The highest BCUT2D eigenvalue weighted by molar-refractivity contribution is 7.13. The summed E-state index contributed by atoms with van der Waals surface area (Å²) in [5.74, 6) is 1.03. The summed E-state index contributed by atoms with van der Waals surface area (Å²) < 4.78 is 2.29. The molecule has 0 saturated heterocycles. The van der Waals surface area contributed by atoms with Crippen LogP contribution in [-0.4, -0.2) is 9.55 Å². The number of hydrogen-bond donors (Lipinski definition) is 1. The molecule has 2 heterocycles. The fourth-order valence-corrected chi connectivity index (χ4v) is 3.51. The lowest BCUT2D eigenvalue weighted by atomic mass is 10.1. The number of para-hydroxylation sites is 2. The van der Waals surface area contributed by atoms with Crippen molar-refractivity contribution in [1.29, 1.82) is 0 Å². The van der Waals surface area contributed by atoms with Gasteiger partial charge in [-0.05, 0) is 34.7 Å². The minimum absolute atomic E-state index is 0.578. The molecule has 4 rings (SSSR count). The Bertz CT molecular complexity index is 921.